The van der Waals surface area contributed by atoms with Crippen molar-refractivity contribution < 1.29 is 4.84 Å². The highest BCUT2D eigenvalue weighted by molar-refractivity contribution is 5.85. The van der Waals surface area contributed by atoms with Crippen LogP contribution in [0.5, 0.6) is 0 Å². The third-order valence-electron chi connectivity index (χ3n) is 0.386. The first-order valence-electron chi connectivity index (χ1n) is 1.56. The summed E-state index contributed by atoms with van der Waals surface area (Å²) in [5, 5.41) is 7.88. The maximum atomic E-state index is 7.88. The molecule has 0 saturated carbocycles. The van der Waals surface area contributed by atoms with Gasteiger partial charge < -0.3 is 0 Å². The molecule has 0 radical (unpaired) electrons. The van der Waals surface area contributed by atoms with Gasteiger partial charge in [-0.3, -0.25) is 4.84 Å². The molecule has 0 aromatic rings. The molecule has 0 fully saturated rings. The van der Waals surface area contributed by atoms with Crippen LogP contribution < -0.4 is 5.90 Å². The Balaban J connectivity index is 0. The highest BCUT2D eigenvalue weighted by Crippen LogP contribution is 1.75. The number of hydrogen-bond acceptors (Lipinski definition) is 3. The summed E-state index contributed by atoms with van der Waals surface area (Å²) in [5.41, 5.74) is 0. The summed E-state index contributed by atoms with van der Waals surface area (Å²) >= 11 is 0. The van der Waals surface area contributed by atoms with Crippen LogP contribution in [0.3, 0.4) is 0 Å². The second-order valence-corrected chi connectivity index (χ2v) is 0.907. The van der Waals surface area contributed by atoms with Crippen molar-refractivity contribution in [3.63, 3.8) is 0 Å². The average Bonchev–Trinajstić information content (AvgIpc) is 1.65. The number of rotatable bonds is 1. The maximum absolute atomic E-state index is 7.88. The molecule has 0 heterocycles. The lowest BCUT2D eigenvalue weighted by Gasteiger charge is -1.90. The third-order valence-corrected chi connectivity index (χ3v) is 0.386. The zero-order valence-corrected chi connectivity index (χ0v) is 4.73. The molecule has 0 rings (SSSR count). The Kier molecular flexibility index (Phi) is 8.02. The van der Waals surface area contributed by atoms with Gasteiger partial charge >= 0.3 is 0 Å². The molecule has 0 aromatic heterocycles. The quantitative estimate of drug-likeness (QED) is 0.506. The van der Waals surface area contributed by atoms with Crippen LogP contribution in [-0.2, 0) is 4.84 Å². The van der Waals surface area contributed by atoms with Gasteiger partial charge in [-0.05, 0) is 6.92 Å². The number of hydrogen-bond donors (Lipinski definition) is 1. The van der Waals surface area contributed by atoms with Crippen molar-refractivity contribution in [2.75, 3.05) is 0 Å². The molecule has 7 heavy (non-hydrogen) atoms. The van der Waals surface area contributed by atoms with Crippen LogP contribution in [0.25, 0.3) is 0 Å². The van der Waals surface area contributed by atoms with Crippen LogP contribution in [0, 0.1) is 11.3 Å². The predicted octanol–water partition coefficient (Wildman–Crippen LogP) is 0.211. The Morgan fingerprint density at radius 2 is 2.29 bits per heavy atom. The lowest BCUT2D eigenvalue weighted by Crippen LogP contribution is -2.09. The largest absolute Gasteiger partial charge is 0.286 e. The summed E-state index contributed by atoms with van der Waals surface area (Å²) in [5.74, 6) is 4.56. The van der Waals surface area contributed by atoms with Gasteiger partial charge in [-0.15, -0.1) is 12.4 Å². The van der Waals surface area contributed by atoms with E-state index in [0.717, 1.165) is 0 Å². The van der Waals surface area contributed by atoms with Crippen molar-refractivity contribution in [3.8, 4) is 6.07 Å². The molecule has 1 unspecified atom stereocenters. The van der Waals surface area contributed by atoms with Gasteiger partial charge in [-0.25, -0.2) is 5.90 Å². The molecule has 0 amide bonds. The van der Waals surface area contributed by atoms with Gasteiger partial charge in [0.05, 0.1) is 6.07 Å². The van der Waals surface area contributed by atoms with Gasteiger partial charge in [0.2, 0.25) is 0 Å². The van der Waals surface area contributed by atoms with E-state index < -0.39 is 6.10 Å². The molecule has 0 saturated heterocycles. The molecule has 2 N–H and O–H groups in total. The first-order chi connectivity index (χ1) is 2.81. The molecule has 0 aliphatic rings. The lowest BCUT2D eigenvalue weighted by atomic mass is 10.5. The normalized spacial score (nSPS) is 11.0. The first-order valence-corrected chi connectivity index (χ1v) is 1.56. The van der Waals surface area contributed by atoms with E-state index in [2.05, 4.69) is 10.7 Å². The highest BCUT2D eigenvalue weighted by atomic mass is 35.5. The molecule has 0 aliphatic heterocycles. The van der Waals surface area contributed by atoms with Gasteiger partial charge in [0.25, 0.3) is 0 Å². The van der Waals surface area contributed by atoms with Crippen molar-refractivity contribution in [2.24, 2.45) is 5.90 Å². The van der Waals surface area contributed by atoms with Gasteiger partial charge in [0, 0.05) is 0 Å². The minimum Gasteiger partial charge on any atom is -0.286 e. The summed E-state index contributed by atoms with van der Waals surface area (Å²) in [4.78, 5) is 4.04. The van der Waals surface area contributed by atoms with Crippen LogP contribution in [0.1, 0.15) is 6.92 Å². The number of nitrogens with zero attached hydrogens (tertiary/aromatic N) is 1. The smallest absolute Gasteiger partial charge is 0.162 e. The van der Waals surface area contributed by atoms with Gasteiger partial charge in [-0.2, -0.15) is 5.26 Å². The topological polar surface area (TPSA) is 59.0 Å². The van der Waals surface area contributed by atoms with Crippen molar-refractivity contribution in [2.45, 2.75) is 13.0 Å². The molecule has 3 nitrogen and oxygen atoms in total. The Morgan fingerprint density at radius 1 is 1.86 bits per heavy atom. The van der Waals surface area contributed by atoms with Crippen molar-refractivity contribution >= 4 is 12.4 Å². The number of halogens is 1. The van der Waals surface area contributed by atoms with Crippen LogP contribution in [-0.4, -0.2) is 6.10 Å². The van der Waals surface area contributed by atoms with Crippen molar-refractivity contribution in [3.05, 3.63) is 0 Å². The van der Waals surface area contributed by atoms with E-state index in [-0.39, 0.29) is 12.4 Å². The zero-order chi connectivity index (χ0) is 4.99. The highest BCUT2D eigenvalue weighted by Gasteiger charge is 1.89. The van der Waals surface area contributed by atoms with E-state index >= 15 is 0 Å². The van der Waals surface area contributed by atoms with Gasteiger partial charge in [0.15, 0.2) is 6.10 Å². The summed E-state index contributed by atoms with van der Waals surface area (Å²) in [7, 11) is 0. The third kappa shape index (κ3) is 5.70. The van der Waals surface area contributed by atoms with Gasteiger partial charge in [-0.1, -0.05) is 0 Å². The molecule has 0 aromatic carbocycles. The van der Waals surface area contributed by atoms with Crippen LogP contribution >= 0.6 is 12.4 Å². The molecule has 42 valence electrons. The van der Waals surface area contributed by atoms with E-state index in [1.165, 1.54) is 0 Å². The summed E-state index contributed by atoms with van der Waals surface area (Å²) in [6.07, 6.45) is -0.481. The van der Waals surface area contributed by atoms with Crippen LogP contribution in [0.2, 0.25) is 0 Å². The second-order valence-electron chi connectivity index (χ2n) is 0.907. The van der Waals surface area contributed by atoms with E-state index in [1.54, 1.807) is 13.0 Å². The van der Waals surface area contributed by atoms with Crippen molar-refractivity contribution in [1.82, 2.24) is 0 Å². The molecule has 4 heteroatoms. The molecule has 1 atom stereocenters. The molecule has 0 aliphatic carbocycles. The fraction of sp³-hybridized carbons (Fsp3) is 0.667. The Hall–Kier alpha value is -0.300. The predicted molar refractivity (Wildman–Crippen MR) is 27.6 cm³/mol. The van der Waals surface area contributed by atoms with Crippen molar-refractivity contribution in [1.29, 1.82) is 5.26 Å². The van der Waals surface area contributed by atoms with E-state index in [1.807, 2.05) is 0 Å². The zero-order valence-electron chi connectivity index (χ0n) is 3.92. The Labute approximate surface area is 48.4 Å². The minimum atomic E-state index is -0.481. The van der Waals surface area contributed by atoms with Gasteiger partial charge in [0.1, 0.15) is 0 Å². The lowest BCUT2D eigenvalue weighted by molar-refractivity contribution is 0.104. The van der Waals surface area contributed by atoms with E-state index in [0.29, 0.717) is 0 Å². The second kappa shape index (κ2) is 5.70. The molecular weight excluding hydrogens is 115 g/mol. The standard InChI is InChI=1S/C3H6N2O.ClH/c1-3(2-4)6-5;/h3H,5H2,1H3;1H. The molecular formula is C3H7ClN2O. The van der Waals surface area contributed by atoms with E-state index in [4.69, 9.17) is 5.26 Å². The maximum Gasteiger partial charge on any atom is 0.162 e. The minimum absolute atomic E-state index is 0. The first kappa shape index (κ1) is 9.85. The average molecular weight is 123 g/mol. The summed E-state index contributed by atoms with van der Waals surface area (Å²) in [6, 6.07) is 1.77. The Morgan fingerprint density at radius 3 is 2.29 bits per heavy atom. The fourth-order valence-electron chi connectivity index (χ4n) is 0.0304. The van der Waals surface area contributed by atoms with Crippen LogP contribution in [0.4, 0.5) is 0 Å². The SMILES string of the molecule is CC(C#N)ON.Cl. The monoisotopic (exact) mass is 122 g/mol. The number of nitriles is 1. The Bertz CT molecular complexity index is 69.8. The molecule has 0 bridgehead atoms. The van der Waals surface area contributed by atoms with Crippen LogP contribution in [0.15, 0.2) is 0 Å². The summed E-state index contributed by atoms with van der Waals surface area (Å²) in [6.45, 7) is 1.57. The fourth-order valence-corrected chi connectivity index (χ4v) is 0.0304. The van der Waals surface area contributed by atoms with E-state index in [9.17, 15) is 0 Å². The molecule has 0 spiro atoms. The summed E-state index contributed by atoms with van der Waals surface area (Å²) < 4.78 is 0. The number of nitrogens with two attached hydrogens (primary N) is 1.